The zero-order chi connectivity index (χ0) is 13.7. The molecule has 0 N–H and O–H groups in total. The fourth-order valence-electron chi connectivity index (χ4n) is 1.32. The van der Waals surface area contributed by atoms with Crippen molar-refractivity contribution in [3.63, 3.8) is 0 Å². The molecule has 0 saturated heterocycles. The molecule has 6 nitrogen and oxygen atoms in total. The zero-order valence-corrected chi connectivity index (χ0v) is 11.4. The van der Waals surface area contributed by atoms with Crippen LogP contribution in [0.1, 0.15) is 13.8 Å². The third kappa shape index (κ3) is 3.54. The van der Waals surface area contributed by atoms with Crippen molar-refractivity contribution >= 4 is 17.7 Å². The second-order valence-electron chi connectivity index (χ2n) is 3.63. The smallest absolute Gasteiger partial charge is 0.319 e. The van der Waals surface area contributed by atoms with Gasteiger partial charge in [-0.2, -0.15) is 0 Å². The van der Waals surface area contributed by atoms with Gasteiger partial charge in [0.05, 0.1) is 12.2 Å². The summed E-state index contributed by atoms with van der Waals surface area (Å²) < 4.78 is 10.4. The van der Waals surface area contributed by atoms with Crippen molar-refractivity contribution in [2.24, 2.45) is 0 Å². The minimum Gasteiger partial charge on any atom is -0.465 e. The normalized spacial score (nSPS) is 12.1. The van der Waals surface area contributed by atoms with E-state index in [1.165, 1.54) is 11.8 Å². The predicted molar refractivity (Wildman–Crippen MR) is 69.5 cm³/mol. The van der Waals surface area contributed by atoms with Crippen LogP contribution in [-0.2, 0) is 9.53 Å². The molecule has 100 valence electrons. The summed E-state index contributed by atoms with van der Waals surface area (Å²) in [6.07, 6.45) is 3.30. The van der Waals surface area contributed by atoms with Gasteiger partial charge in [-0.05, 0) is 26.0 Å². The monoisotopic (exact) mass is 279 g/mol. The maximum Gasteiger partial charge on any atom is 0.319 e. The van der Waals surface area contributed by atoms with E-state index in [9.17, 15) is 4.79 Å². The Balaban J connectivity index is 2.04. The zero-order valence-electron chi connectivity index (χ0n) is 10.6. The van der Waals surface area contributed by atoms with Crippen LogP contribution in [0.15, 0.2) is 34.2 Å². The number of hydrogen-bond donors (Lipinski definition) is 0. The van der Waals surface area contributed by atoms with E-state index < -0.39 is 0 Å². The van der Waals surface area contributed by atoms with Crippen molar-refractivity contribution in [1.29, 1.82) is 0 Å². The lowest BCUT2D eigenvalue weighted by Gasteiger charge is -2.06. The Morgan fingerprint density at radius 3 is 3.05 bits per heavy atom. The van der Waals surface area contributed by atoms with Crippen LogP contribution in [-0.4, -0.2) is 33.0 Å². The molecule has 0 radical (unpaired) electrons. The third-order valence-electron chi connectivity index (χ3n) is 2.21. The molecule has 0 aliphatic heterocycles. The number of aromatic nitrogens is 3. The molecule has 2 aromatic rings. The van der Waals surface area contributed by atoms with E-state index in [4.69, 9.17) is 9.15 Å². The molecule has 0 amide bonds. The molecule has 0 aromatic carbocycles. The average Bonchev–Trinajstić information content (AvgIpc) is 2.88. The Morgan fingerprint density at radius 1 is 1.53 bits per heavy atom. The summed E-state index contributed by atoms with van der Waals surface area (Å²) in [4.78, 5) is 15.5. The molecule has 0 aliphatic carbocycles. The number of carbonyl (C=O) groups excluding carboxylic acids is 1. The highest BCUT2D eigenvalue weighted by Gasteiger charge is 2.19. The summed E-state index contributed by atoms with van der Waals surface area (Å²) >= 11 is 1.17. The predicted octanol–water partition coefficient (Wildman–Crippen LogP) is 2.18. The van der Waals surface area contributed by atoms with E-state index in [0.29, 0.717) is 17.7 Å². The number of nitrogens with zero attached hydrogens (tertiary/aromatic N) is 3. The van der Waals surface area contributed by atoms with E-state index in [0.717, 1.165) is 5.56 Å². The van der Waals surface area contributed by atoms with Crippen molar-refractivity contribution in [3.05, 3.63) is 24.5 Å². The van der Waals surface area contributed by atoms with Crippen LogP contribution < -0.4 is 0 Å². The van der Waals surface area contributed by atoms with Crippen LogP contribution in [0.5, 0.6) is 0 Å². The summed E-state index contributed by atoms with van der Waals surface area (Å²) in [6, 6.07) is 3.61. The van der Waals surface area contributed by atoms with Gasteiger partial charge in [0.25, 0.3) is 5.22 Å². The molecular weight excluding hydrogens is 266 g/mol. The van der Waals surface area contributed by atoms with Crippen LogP contribution >= 0.6 is 11.8 Å². The van der Waals surface area contributed by atoms with Gasteiger partial charge in [0.15, 0.2) is 0 Å². The lowest BCUT2D eigenvalue weighted by Crippen LogP contribution is -2.16. The Labute approximate surface area is 114 Å². The molecule has 0 saturated carbocycles. The average molecular weight is 279 g/mol. The second kappa shape index (κ2) is 6.33. The SMILES string of the molecule is CCOC(=O)C(C)Sc1nnc(-c2cccnc2)o1. The molecule has 19 heavy (non-hydrogen) atoms. The molecule has 2 aromatic heterocycles. The maximum atomic E-state index is 11.5. The molecular formula is C12H13N3O3S. The largest absolute Gasteiger partial charge is 0.465 e. The van der Waals surface area contributed by atoms with Gasteiger partial charge in [-0.15, -0.1) is 10.2 Å². The minimum atomic E-state index is -0.387. The van der Waals surface area contributed by atoms with Gasteiger partial charge in [-0.3, -0.25) is 9.78 Å². The number of esters is 1. The molecule has 0 spiro atoms. The third-order valence-corrected chi connectivity index (χ3v) is 3.12. The Bertz CT molecular complexity index is 544. The van der Waals surface area contributed by atoms with Gasteiger partial charge < -0.3 is 9.15 Å². The van der Waals surface area contributed by atoms with Gasteiger partial charge >= 0.3 is 5.97 Å². The number of carbonyl (C=O) groups is 1. The van der Waals surface area contributed by atoms with Crippen LogP contribution in [0.4, 0.5) is 0 Å². The number of hydrogen-bond acceptors (Lipinski definition) is 7. The van der Waals surface area contributed by atoms with Gasteiger partial charge in [0, 0.05) is 12.4 Å². The van der Waals surface area contributed by atoms with Crippen molar-refractivity contribution in [2.45, 2.75) is 24.3 Å². The topological polar surface area (TPSA) is 78.1 Å². The van der Waals surface area contributed by atoms with E-state index >= 15 is 0 Å². The minimum absolute atomic E-state index is 0.298. The number of thioether (sulfide) groups is 1. The summed E-state index contributed by atoms with van der Waals surface area (Å²) in [6.45, 7) is 3.85. The fraction of sp³-hybridized carbons (Fsp3) is 0.333. The summed E-state index contributed by atoms with van der Waals surface area (Å²) in [5.41, 5.74) is 0.741. The van der Waals surface area contributed by atoms with Crippen molar-refractivity contribution in [1.82, 2.24) is 15.2 Å². The lowest BCUT2D eigenvalue weighted by molar-refractivity contribution is -0.142. The fourth-order valence-corrected chi connectivity index (χ4v) is 2.00. The molecule has 1 atom stereocenters. The standard InChI is InChI=1S/C12H13N3O3S/c1-3-17-11(16)8(2)19-12-15-14-10(18-12)9-5-4-6-13-7-9/h4-8H,3H2,1-2H3. The summed E-state index contributed by atoms with van der Waals surface area (Å²) in [5.74, 6) is 0.0836. The van der Waals surface area contributed by atoms with E-state index in [1.807, 2.05) is 6.07 Å². The number of ether oxygens (including phenoxy) is 1. The van der Waals surface area contributed by atoms with Crippen LogP contribution in [0.25, 0.3) is 11.5 Å². The van der Waals surface area contributed by atoms with E-state index in [-0.39, 0.29) is 11.2 Å². The molecule has 2 rings (SSSR count). The van der Waals surface area contributed by atoms with Gasteiger partial charge in [0.1, 0.15) is 5.25 Å². The van der Waals surface area contributed by atoms with Gasteiger partial charge in [-0.25, -0.2) is 0 Å². The summed E-state index contributed by atoms with van der Waals surface area (Å²) in [5, 5.41) is 7.75. The lowest BCUT2D eigenvalue weighted by atomic mass is 10.3. The maximum absolute atomic E-state index is 11.5. The number of pyridine rings is 1. The first-order valence-electron chi connectivity index (χ1n) is 5.78. The quantitative estimate of drug-likeness (QED) is 0.613. The first-order chi connectivity index (χ1) is 9.20. The molecule has 0 aliphatic rings. The van der Waals surface area contributed by atoms with Crippen molar-refractivity contribution in [2.75, 3.05) is 6.61 Å². The highest BCUT2D eigenvalue weighted by molar-refractivity contribution is 8.00. The number of rotatable bonds is 5. The van der Waals surface area contributed by atoms with Crippen LogP contribution in [0.2, 0.25) is 0 Å². The van der Waals surface area contributed by atoms with Gasteiger partial charge in [0.2, 0.25) is 5.89 Å². The summed E-state index contributed by atoms with van der Waals surface area (Å²) in [7, 11) is 0. The van der Waals surface area contributed by atoms with Crippen molar-refractivity contribution < 1.29 is 13.9 Å². The molecule has 1 unspecified atom stereocenters. The first-order valence-corrected chi connectivity index (χ1v) is 6.66. The first kappa shape index (κ1) is 13.5. The Morgan fingerprint density at radius 2 is 2.37 bits per heavy atom. The highest BCUT2D eigenvalue weighted by Crippen LogP contribution is 2.26. The molecule has 0 bridgehead atoms. The van der Waals surface area contributed by atoms with E-state index in [1.54, 1.807) is 32.3 Å². The van der Waals surface area contributed by atoms with Crippen LogP contribution in [0.3, 0.4) is 0 Å². The van der Waals surface area contributed by atoms with Crippen LogP contribution in [0, 0.1) is 0 Å². The molecule has 2 heterocycles. The second-order valence-corrected chi connectivity index (χ2v) is 4.92. The Kier molecular flexibility index (Phi) is 4.51. The van der Waals surface area contributed by atoms with E-state index in [2.05, 4.69) is 15.2 Å². The molecule has 7 heteroatoms. The van der Waals surface area contributed by atoms with Gasteiger partial charge in [-0.1, -0.05) is 11.8 Å². The Hall–Kier alpha value is -1.89. The molecule has 0 fully saturated rings. The highest BCUT2D eigenvalue weighted by atomic mass is 32.2. The van der Waals surface area contributed by atoms with Crippen molar-refractivity contribution in [3.8, 4) is 11.5 Å².